The van der Waals surface area contributed by atoms with E-state index >= 15 is 0 Å². The lowest BCUT2D eigenvalue weighted by molar-refractivity contribution is -0.114. The largest absolute Gasteiger partial charge is 0.493 e. The molecule has 0 heterocycles. The van der Waals surface area contributed by atoms with Crippen LogP contribution < -0.4 is 20.1 Å². The molecule has 0 atom stereocenters. The quantitative estimate of drug-likeness (QED) is 0.478. The molecule has 2 N–H and O–H groups in total. The van der Waals surface area contributed by atoms with Crippen LogP contribution in [0.15, 0.2) is 78.9 Å². The van der Waals surface area contributed by atoms with Gasteiger partial charge in [-0.15, -0.1) is 0 Å². The van der Waals surface area contributed by atoms with Gasteiger partial charge in [0, 0.05) is 11.4 Å². The van der Waals surface area contributed by atoms with E-state index < -0.39 is 0 Å². The number of hydrogen-bond donors (Lipinski definition) is 2. The molecule has 0 spiro atoms. The summed E-state index contributed by atoms with van der Waals surface area (Å²) in [4.78, 5) is 12.2. The number of amides is 1. The van der Waals surface area contributed by atoms with Gasteiger partial charge < -0.3 is 20.1 Å². The zero-order valence-corrected chi connectivity index (χ0v) is 17.4. The van der Waals surface area contributed by atoms with Crippen molar-refractivity contribution < 1.29 is 14.3 Å². The number of carbonyl (C=O) groups excluding carboxylic acids is 1. The number of ether oxygens (including phenoxy) is 2. The van der Waals surface area contributed by atoms with E-state index in [1.807, 2.05) is 78.9 Å². The number of hydrogen-bond acceptors (Lipinski definition) is 4. The Hall–Kier alpha value is -3.47. The summed E-state index contributed by atoms with van der Waals surface area (Å²) in [5.74, 6) is 1.95. The highest BCUT2D eigenvalue weighted by atomic mass is 16.5. The summed E-state index contributed by atoms with van der Waals surface area (Å²) in [6.45, 7) is 5.60. The molecule has 3 rings (SSSR count). The third kappa shape index (κ3) is 7.17. The fourth-order valence-electron chi connectivity index (χ4n) is 2.69. The van der Waals surface area contributed by atoms with Crippen molar-refractivity contribution in [2.45, 2.75) is 20.5 Å². The third-order valence-corrected chi connectivity index (χ3v) is 4.28. The summed E-state index contributed by atoms with van der Waals surface area (Å²) in [5.41, 5.74) is 2.71. The normalized spacial score (nSPS) is 10.5. The number of nitrogens with one attached hydrogen (secondary N) is 2. The molecule has 0 aliphatic carbocycles. The maximum absolute atomic E-state index is 12.2. The summed E-state index contributed by atoms with van der Waals surface area (Å²) in [7, 11) is 0. The van der Waals surface area contributed by atoms with Crippen molar-refractivity contribution in [2.75, 3.05) is 23.8 Å². The Morgan fingerprint density at radius 2 is 1.40 bits per heavy atom. The molecule has 0 aliphatic rings. The first-order valence-electron chi connectivity index (χ1n) is 10.1. The molecule has 0 aliphatic heterocycles. The Balaban J connectivity index is 1.41. The van der Waals surface area contributed by atoms with Crippen LogP contribution in [-0.2, 0) is 11.4 Å². The fraction of sp³-hybridized carbons (Fsp3) is 0.240. The Kier molecular flexibility index (Phi) is 7.72. The molecule has 0 aromatic heterocycles. The molecule has 0 unspecified atom stereocenters. The number of rotatable bonds is 10. The first-order valence-corrected chi connectivity index (χ1v) is 10.1. The molecule has 0 bridgehead atoms. The summed E-state index contributed by atoms with van der Waals surface area (Å²) >= 11 is 0. The lowest BCUT2D eigenvalue weighted by Gasteiger charge is -2.11. The first-order chi connectivity index (χ1) is 14.6. The Morgan fingerprint density at radius 3 is 2.03 bits per heavy atom. The van der Waals surface area contributed by atoms with Crippen molar-refractivity contribution in [1.82, 2.24) is 0 Å². The van der Waals surface area contributed by atoms with E-state index in [9.17, 15) is 4.79 Å². The number of carbonyl (C=O) groups is 1. The van der Waals surface area contributed by atoms with E-state index in [0.29, 0.717) is 19.1 Å². The molecular formula is C25H28N2O3. The van der Waals surface area contributed by atoms with E-state index in [0.717, 1.165) is 28.4 Å². The molecule has 0 radical (unpaired) electrons. The van der Waals surface area contributed by atoms with Crippen LogP contribution in [0.4, 0.5) is 11.4 Å². The van der Waals surface area contributed by atoms with E-state index in [4.69, 9.17) is 9.47 Å². The molecule has 156 valence electrons. The van der Waals surface area contributed by atoms with Crippen LogP contribution in [0.2, 0.25) is 0 Å². The van der Waals surface area contributed by atoms with Gasteiger partial charge in [-0.3, -0.25) is 4.79 Å². The van der Waals surface area contributed by atoms with Gasteiger partial charge in [0.2, 0.25) is 5.91 Å². The molecule has 5 heteroatoms. The highest BCUT2D eigenvalue weighted by Gasteiger charge is 2.04. The molecule has 5 nitrogen and oxygen atoms in total. The molecule has 3 aromatic rings. The van der Waals surface area contributed by atoms with Gasteiger partial charge >= 0.3 is 0 Å². The van der Waals surface area contributed by atoms with Crippen molar-refractivity contribution in [3.8, 4) is 11.5 Å². The highest BCUT2D eigenvalue weighted by Crippen LogP contribution is 2.18. The summed E-state index contributed by atoms with van der Waals surface area (Å²) in [5, 5.41) is 5.99. The Morgan fingerprint density at radius 1 is 0.800 bits per heavy atom. The first kappa shape index (κ1) is 21.2. The predicted molar refractivity (Wildman–Crippen MR) is 121 cm³/mol. The smallest absolute Gasteiger partial charge is 0.243 e. The average molecular weight is 405 g/mol. The second kappa shape index (κ2) is 10.9. The SMILES string of the molecule is CC(C)COc1ccc(NCC(=O)Nc2ccc(OCc3ccccc3)cc2)cc1. The van der Waals surface area contributed by atoms with Crippen molar-refractivity contribution in [3.05, 3.63) is 84.4 Å². The Labute approximate surface area is 178 Å². The molecular weight excluding hydrogens is 376 g/mol. The van der Waals surface area contributed by atoms with Crippen LogP contribution in [0.5, 0.6) is 11.5 Å². The monoisotopic (exact) mass is 404 g/mol. The minimum atomic E-state index is -0.118. The lowest BCUT2D eigenvalue weighted by Crippen LogP contribution is -2.21. The van der Waals surface area contributed by atoms with Crippen molar-refractivity contribution in [2.24, 2.45) is 5.92 Å². The van der Waals surface area contributed by atoms with E-state index in [1.165, 1.54) is 0 Å². The van der Waals surface area contributed by atoms with Crippen LogP contribution in [0, 0.1) is 5.92 Å². The predicted octanol–water partition coefficient (Wildman–Crippen LogP) is 5.35. The number of benzene rings is 3. The lowest BCUT2D eigenvalue weighted by atomic mass is 10.2. The van der Waals surface area contributed by atoms with E-state index in [1.54, 1.807) is 0 Å². The molecule has 1 amide bonds. The molecule has 30 heavy (non-hydrogen) atoms. The van der Waals surface area contributed by atoms with Crippen LogP contribution in [0.3, 0.4) is 0 Å². The second-order valence-corrected chi connectivity index (χ2v) is 7.43. The minimum Gasteiger partial charge on any atom is -0.493 e. The van der Waals surface area contributed by atoms with Crippen molar-refractivity contribution >= 4 is 17.3 Å². The number of anilines is 2. The van der Waals surface area contributed by atoms with Crippen LogP contribution in [0.25, 0.3) is 0 Å². The maximum atomic E-state index is 12.2. The van der Waals surface area contributed by atoms with Crippen molar-refractivity contribution in [3.63, 3.8) is 0 Å². The molecule has 0 saturated heterocycles. The van der Waals surface area contributed by atoms with Crippen LogP contribution in [-0.4, -0.2) is 19.1 Å². The van der Waals surface area contributed by atoms with Crippen LogP contribution in [0.1, 0.15) is 19.4 Å². The summed E-state index contributed by atoms with van der Waals surface area (Å²) in [6, 6.07) is 25.0. The van der Waals surface area contributed by atoms with Gasteiger partial charge in [-0.25, -0.2) is 0 Å². The maximum Gasteiger partial charge on any atom is 0.243 e. The standard InChI is InChI=1S/C25H28N2O3/c1-19(2)17-29-23-12-8-21(9-13-23)26-16-25(28)27-22-10-14-24(15-11-22)30-18-20-6-4-3-5-7-20/h3-15,19,26H,16-18H2,1-2H3,(H,27,28). The van der Waals surface area contributed by atoms with Gasteiger partial charge in [-0.1, -0.05) is 44.2 Å². The molecule has 3 aromatic carbocycles. The fourth-order valence-corrected chi connectivity index (χ4v) is 2.69. The zero-order valence-electron chi connectivity index (χ0n) is 17.4. The molecule has 0 saturated carbocycles. The van der Waals surface area contributed by atoms with Crippen LogP contribution >= 0.6 is 0 Å². The van der Waals surface area contributed by atoms with Crippen molar-refractivity contribution in [1.29, 1.82) is 0 Å². The van der Waals surface area contributed by atoms with E-state index in [2.05, 4.69) is 24.5 Å². The summed E-state index contributed by atoms with van der Waals surface area (Å²) in [6.07, 6.45) is 0. The molecule has 0 fully saturated rings. The summed E-state index contributed by atoms with van der Waals surface area (Å²) < 4.78 is 11.4. The van der Waals surface area contributed by atoms with Gasteiger partial charge in [0.25, 0.3) is 0 Å². The van der Waals surface area contributed by atoms with Gasteiger partial charge in [0.15, 0.2) is 0 Å². The third-order valence-electron chi connectivity index (χ3n) is 4.28. The topological polar surface area (TPSA) is 59.6 Å². The van der Waals surface area contributed by atoms with Gasteiger partial charge in [0.05, 0.1) is 13.2 Å². The van der Waals surface area contributed by atoms with E-state index in [-0.39, 0.29) is 12.5 Å². The zero-order chi connectivity index (χ0) is 21.2. The highest BCUT2D eigenvalue weighted by molar-refractivity contribution is 5.93. The van der Waals surface area contributed by atoms with Gasteiger partial charge in [0.1, 0.15) is 18.1 Å². The second-order valence-electron chi connectivity index (χ2n) is 7.43. The van der Waals surface area contributed by atoms with Gasteiger partial charge in [-0.2, -0.15) is 0 Å². The minimum absolute atomic E-state index is 0.118. The average Bonchev–Trinajstić information content (AvgIpc) is 2.77. The van der Waals surface area contributed by atoms with Gasteiger partial charge in [-0.05, 0) is 60.0 Å². The Bertz CT molecular complexity index is 907.